The first-order valence-electron chi connectivity index (χ1n) is 7.81. The molecule has 0 heterocycles. The van der Waals surface area contributed by atoms with Crippen LogP contribution in [-0.2, 0) is 9.59 Å². The monoisotopic (exact) mass is 302 g/mol. The van der Waals surface area contributed by atoms with Gasteiger partial charge in [0.2, 0.25) is 11.8 Å². The molecule has 0 aliphatic carbocycles. The summed E-state index contributed by atoms with van der Waals surface area (Å²) >= 11 is 0. The summed E-state index contributed by atoms with van der Waals surface area (Å²) in [5.74, 6) is -0.0298. The molecule has 0 bridgehead atoms. The molecule has 2 unspecified atom stereocenters. The molecule has 6 nitrogen and oxygen atoms in total. The van der Waals surface area contributed by atoms with Crippen molar-refractivity contribution in [3.05, 3.63) is 0 Å². The Morgan fingerprint density at radius 2 is 1.19 bits per heavy atom. The number of aliphatic hydroxyl groups excluding tert-OH is 2. The van der Waals surface area contributed by atoms with Gasteiger partial charge < -0.3 is 20.8 Å². The van der Waals surface area contributed by atoms with E-state index >= 15 is 0 Å². The van der Waals surface area contributed by atoms with Crippen LogP contribution in [-0.4, -0.2) is 47.3 Å². The van der Waals surface area contributed by atoms with E-state index in [0.29, 0.717) is 58.0 Å². The van der Waals surface area contributed by atoms with Gasteiger partial charge in [-0.2, -0.15) is 0 Å². The van der Waals surface area contributed by atoms with Gasteiger partial charge in [-0.05, 0) is 46.0 Å². The average molecular weight is 302 g/mol. The number of hydrogen-bond donors (Lipinski definition) is 4. The maximum absolute atomic E-state index is 11.4. The highest BCUT2D eigenvalue weighted by Gasteiger charge is 2.04. The van der Waals surface area contributed by atoms with Gasteiger partial charge in [-0.15, -0.1) is 0 Å². The SMILES string of the molecule is CC(O)CCCC(=O)NCCCNC(=O)CCCC(C)O. The Morgan fingerprint density at radius 3 is 1.52 bits per heavy atom. The molecule has 124 valence electrons. The van der Waals surface area contributed by atoms with Crippen LogP contribution in [0.25, 0.3) is 0 Å². The molecule has 0 aromatic rings. The van der Waals surface area contributed by atoms with Gasteiger partial charge in [0, 0.05) is 25.9 Å². The summed E-state index contributed by atoms with van der Waals surface area (Å²) in [5.41, 5.74) is 0. The zero-order valence-electron chi connectivity index (χ0n) is 13.2. The third kappa shape index (κ3) is 15.1. The fraction of sp³-hybridized carbons (Fsp3) is 0.867. The minimum Gasteiger partial charge on any atom is -0.393 e. The smallest absolute Gasteiger partial charge is 0.219 e. The summed E-state index contributed by atoms with van der Waals surface area (Å²) in [7, 11) is 0. The fourth-order valence-corrected chi connectivity index (χ4v) is 1.84. The second-order valence-electron chi connectivity index (χ2n) is 5.54. The second-order valence-corrected chi connectivity index (χ2v) is 5.54. The van der Waals surface area contributed by atoms with Crippen molar-refractivity contribution in [3.8, 4) is 0 Å². The van der Waals surface area contributed by atoms with Crippen molar-refractivity contribution < 1.29 is 19.8 Å². The molecule has 2 atom stereocenters. The highest BCUT2D eigenvalue weighted by atomic mass is 16.3. The minimum absolute atomic E-state index is 0.0149. The molecule has 0 saturated heterocycles. The first-order valence-corrected chi connectivity index (χ1v) is 7.81. The molecule has 0 aliphatic heterocycles. The molecule has 4 N–H and O–H groups in total. The predicted octanol–water partition coefficient (Wildman–Crippen LogP) is 0.711. The second kappa shape index (κ2) is 12.6. The van der Waals surface area contributed by atoms with E-state index in [1.54, 1.807) is 13.8 Å². The average Bonchev–Trinajstić information content (AvgIpc) is 2.37. The maximum Gasteiger partial charge on any atom is 0.219 e. The third-order valence-electron chi connectivity index (χ3n) is 3.05. The van der Waals surface area contributed by atoms with Crippen LogP contribution in [0.4, 0.5) is 0 Å². The number of amides is 2. The van der Waals surface area contributed by atoms with E-state index in [-0.39, 0.29) is 24.0 Å². The van der Waals surface area contributed by atoms with Crippen LogP contribution in [0.1, 0.15) is 58.8 Å². The molecular formula is C15H30N2O4. The molecule has 0 radical (unpaired) electrons. The fourth-order valence-electron chi connectivity index (χ4n) is 1.84. The van der Waals surface area contributed by atoms with Crippen LogP contribution in [0.5, 0.6) is 0 Å². The first kappa shape index (κ1) is 19.9. The Bertz CT molecular complexity index is 265. The summed E-state index contributed by atoms with van der Waals surface area (Å²) < 4.78 is 0. The molecule has 0 rings (SSSR count). The summed E-state index contributed by atoms with van der Waals surface area (Å²) in [5, 5.41) is 23.7. The number of rotatable bonds is 12. The Labute approximate surface area is 127 Å². The first-order chi connectivity index (χ1) is 9.91. The van der Waals surface area contributed by atoms with Crippen LogP contribution in [0, 0.1) is 0 Å². The summed E-state index contributed by atoms with van der Waals surface area (Å²) in [4.78, 5) is 22.8. The van der Waals surface area contributed by atoms with Gasteiger partial charge in [-0.3, -0.25) is 9.59 Å². The van der Waals surface area contributed by atoms with Crippen molar-refractivity contribution in [2.24, 2.45) is 0 Å². The highest BCUT2D eigenvalue weighted by molar-refractivity contribution is 5.76. The molecule has 0 aliphatic rings. The molecule has 0 spiro atoms. The molecule has 0 fully saturated rings. The summed E-state index contributed by atoms with van der Waals surface area (Å²) in [6.07, 6.45) is 3.47. The van der Waals surface area contributed by atoms with Crippen LogP contribution in [0.3, 0.4) is 0 Å². The maximum atomic E-state index is 11.4. The summed E-state index contributed by atoms with van der Waals surface area (Å²) in [6, 6.07) is 0. The molecule has 6 heteroatoms. The van der Waals surface area contributed by atoms with Crippen LogP contribution < -0.4 is 10.6 Å². The van der Waals surface area contributed by atoms with Gasteiger partial charge in [-0.1, -0.05) is 0 Å². The zero-order chi connectivity index (χ0) is 16.1. The lowest BCUT2D eigenvalue weighted by atomic mass is 10.1. The van der Waals surface area contributed by atoms with Crippen LogP contribution >= 0.6 is 0 Å². The Hall–Kier alpha value is -1.14. The third-order valence-corrected chi connectivity index (χ3v) is 3.05. The molecule has 0 aromatic carbocycles. The van der Waals surface area contributed by atoms with Crippen molar-refractivity contribution in [3.63, 3.8) is 0 Å². The van der Waals surface area contributed by atoms with Gasteiger partial charge in [0.15, 0.2) is 0 Å². The van der Waals surface area contributed by atoms with Crippen molar-refractivity contribution in [2.75, 3.05) is 13.1 Å². The quantitative estimate of drug-likeness (QED) is 0.399. The van der Waals surface area contributed by atoms with E-state index in [4.69, 9.17) is 10.2 Å². The lowest BCUT2D eigenvalue weighted by Crippen LogP contribution is -2.29. The Morgan fingerprint density at radius 1 is 0.810 bits per heavy atom. The summed E-state index contributed by atoms with van der Waals surface area (Å²) in [6.45, 7) is 4.51. The lowest BCUT2D eigenvalue weighted by Gasteiger charge is -2.08. The van der Waals surface area contributed by atoms with E-state index in [9.17, 15) is 9.59 Å². The van der Waals surface area contributed by atoms with Crippen molar-refractivity contribution in [1.82, 2.24) is 10.6 Å². The van der Waals surface area contributed by atoms with Gasteiger partial charge >= 0.3 is 0 Å². The van der Waals surface area contributed by atoms with Crippen molar-refractivity contribution >= 4 is 11.8 Å². The number of carbonyl (C=O) groups excluding carboxylic acids is 2. The molecular weight excluding hydrogens is 272 g/mol. The van der Waals surface area contributed by atoms with Crippen molar-refractivity contribution in [2.45, 2.75) is 71.0 Å². The van der Waals surface area contributed by atoms with Gasteiger partial charge in [0.1, 0.15) is 0 Å². The zero-order valence-corrected chi connectivity index (χ0v) is 13.2. The van der Waals surface area contributed by atoms with E-state index in [0.717, 1.165) is 0 Å². The molecule has 0 saturated carbocycles. The van der Waals surface area contributed by atoms with Gasteiger partial charge in [0.05, 0.1) is 12.2 Å². The van der Waals surface area contributed by atoms with Crippen LogP contribution in [0.2, 0.25) is 0 Å². The topological polar surface area (TPSA) is 98.7 Å². The largest absolute Gasteiger partial charge is 0.393 e. The molecule has 0 aromatic heterocycles. The van der Waals surface area contributed by atoms with E-state index in [2.05, 4.69) is 10.6 Å². The van der Waals surface area contributed by atoms with Gasteiger partial charge in [0.25, 0.3) is 0 Å². The number of nitrogens with one attached hydrogen (secondary N) is 2. The predicted molar refractivity (Wildman–Crippen MR) is 81.7 cm³/mol. The Balaban J connectivity index is 3.38. The van der Waals surface area contributed by atoms with Crippen molar-refractivity contribution in [1.29, 1.82) is 0 Å². The number of carbonyl (C=O) groups is 2. The van der Waals surface area contributed by atoms with E-state index < -0.39 is 0 Å². The standard InChI is InChI=1S/C15H30N2O4/c1-12(18)6-3-8-14(20)16-10-5-11-17-15(21)9-4-7-13(2)19/h12-13,18-19H,3-11H2,1-2H3,(H,16,20)(H,17,21). The van der Waals surface area contributed by atoms with E-state index in [1.807, 2.05) is 0 Å². The van der Waals surface area contributed by atoms with E-state index in [1.165, 1.54) is 0 Å². The number of aliphatic hydroxyl groups is 2. The van der Waals surface area contributed by atoms with Gasteiger partial charge in [-0.25, -0.2) is 0 Å². The molecule has 21 heavy (non-hydrogen) atoms. The molecule has 2 amide bonds. The Kier molecular flexibility index (Phi) is 11.9. The normalized spacial score (nSPS) is 13.5. The van der Waals surface area contributed by atoms with Crippen LogP contribution in [0.15, 0.2) is 0 Å². The number of hydrogen-bond acceptors (Lipinski definition) is 4. The highest BCUT2D eigenvalue weighted by Crippen LogP contribution is 2.00. The lowest BCUT2D eigenvalue weighted by molar-refractivity contribution is -0.121. The minimum atomic E-state index is -0.359.